The van der Waals surface area contributed by atoms with Gasteiger partial charge in [0.1, 0.15) is 11.4 Å². The summed E-state index contributed by atoms with van der Waals surface area (Å²) in [4.78, 5) is 18.3. The molecule has 76 valence electrons. The van der Waals surface area contributed by atoms with E-state index in [2.05, 4.69) is 9.97 Å². The number of carboxylic acid groups (broad SMARTS) is 1. The maximum absolute atomic E-state index is 10.6. The summed E-state index contributed by atoms with van der Waals surface area (Å²) < 4.78 is 5.05. The van der Waals surface area contributed by atoms with Crippen molar-refractivity contribution in [2.45, 2.75) is 0 Å². The molecule has 15 heavy (non-hydrogen) atoms. The van der Waals surface area contributed by atoms with E-state index >= 15 is 0 Å². The van der Waals surface area contributed by atoms with Crippen LogP contribution in [0.2, 0.25) is 0 Å². The van der Waals surface area contributed by atoms with Gasteiger partial charge in [0, 0.05) is 6.20 Å². The van der Waals surface area contributed by atoms with Crippen LogP contribution < -0.4 is 5.73 Å². The second kappa shape index (κ2) is 3.41. The van der Waals surface area contributed by atoms with Gasteiger partial charge in [0.15, 0.2) is 11.6 Å². The Labute approximate surface area is 84.4 Å². The molecule has 2 heterocycles. The first-order valence-electron chi connectivity index (χ1n) is 4.08. The predicted molar refractivity (Wildman–Crippen MR) is 51.1 cm³/mol. The van der Waals surface area contributed by atoms with Crippen LogP contribution in [0.4, 0.5) is 5.82 Å². The van der Waals surface area contributed by atoms with Crippen molar-refractivity contribution in [3.63, 3.8) is 0 Å². The van der Waals surface area contributed by atoms with Crippen molar-refractivity contribution in [1.82, 2.24) is 9.97 Å². The minimum Gasteiger partial charge on any atom is -0.477 e. The fraction of sp³-hybridized carbons (Fsp3) is 0. The summed E-state index contributed by atoms with van der Waals surface area (Å²) >= 11 is 0. The quantitative estimate of drug-likeness (QED) is 0.758. The third-order valence-corrected chi connectivity index (χ3v) is 1.79. The molecule has 0 amide bonds. The van der Waals surface area contributed by atoms with Gasteiger partial charge in [-0.2, -0.15) is 0 Å². The first-order chi connectivity index (χ1) is 7.18. The van der Waals surface area contributed by atoms with Gasteiger partial charge < -0.3 is 15.3 Å². The maximum atomic E-state index is 10.6. The molecule has 2 aromatic rings. The smallest absolute Gasteiger partial charge is 0.341 e. The molecule has 0 spiro atoms. The lowest BCUT2D eigenvalue weighted by Crippen LogP contribution is -2.06. The molecule has 6 nitrogen and oxygen atoms in total. The molecule has 0 saturated carbocycles. The molecule has 6 heteroatoms. The average Bonchev–Trinajstić information content (AvgIpc) is 2.69. The third-order valence-electron chi connectivity index (χ3n) is 1.79. The van der Waals surface area contributed by atoms with E-state index in [1.807, 2.05) is 0 Å². The van der Waals surface area contributed by atoms with E-state index in [9.17, 15) is 4.79 Å². The van der Waals surface area contributed by atoms with Gasteiger partial charge in [-0.3, -0.25) is 0 Å². The number of carbonyl (C=O) groups is 1. The van der Waals surface area contributed by atoms with Gasteiger partial charge in [0.25, 0.3) is 0 Å². The Hall–Kier alpha value is -2.37. The molecule has 0 aliphatic rings. The Kier molecular flexibility index (Phi) is 2.09. The summed E-state index contributed by atoms with van der Waals surface area (Å²) in [7, 11) is 0. The number of nitrogens with two attached hydrogens (primary N) is 1. The van der Waals surface area contributed by atoms with Gasteiger partial charge in [-0.05, 0) is 12.1 Å². The van der Waals surface area contributed by atoms with Crippen molar-refractivity contribution in [2.75, 3.05) is 5.73 Å². The van der Waals surface area contributed by atoms with E-state index < -0.39 is 5.97 Å². The van der Waals surface area contributed by atoms with Gasteiger partial charge in [0.05, 0.1) is 6.26 Å². The van der Waals surface area contributed by atoms with Crippen LogP contribution in [0.3, 0.4) is 0 Å². The van der Waals surface area contributed by atoms with E-state index in [0.29, 0.717) is 5.76 Å². The normalized spacial score (nSPS) is 10.1. The van der Waals surface area contributed by atoms with Gasteiger partial charge in [-0.15, -0.1) is 0 Å². The first-order valence-corrected chi connectivity index (χ1v) is 4.08. The van der Waals surface area contributed by atoms with E-state index in [-0.39, 0.29) is 17.2 Å². The number of carboxylic acids is 1. The van der Waals surface area contributed by atoms with Crippen LogP contribution in [0, 0.1) is 0 Å². The Bertz CT molecular complexity index is 493. The maximum Gasteiger partial charge on any atom is 0.341 e. The van der Waals surface area contributed by atoms with Crippen molar-refractivity contribution in [1.29, 1.82) is 0 Å². The molecule has 0 radical (unpaired) electrons. The topological polar surface area (TPSA) is 102 Å². The first kappa shape index (κ1) is 9.20. The molecule has 2 aromatic heterocycles. The van der Waals surface area contributed by atoms with Gasteiger partial charge >= 0.3 is 5.97 Å². The molecular weight excluding hydrogens is 198 g/mol. The summed E-state index contributed by atoms with van der Waals surface area (Å²) in [6.07, 6.45) is 2.63. The third kappa shape index (κ3) is 1.64. The molecular formula is C9H7N3O3. The molecule has 0 saturated heterocycles. The molecule has 0 fully saturated rings. The predicted octanol–water partition coefficient (Wildman–Crippen LogP) is 1.02. The number of nitrogens with zero attached hydrogens (tertiary/aromatic N) is 2. The lowest BCUT2D eigenvalue weighted by atomic mass is 10.3. The number of rotatable bonds is 2. The minimum atomic E-state index is -1.15. The number of furan rings is 1. The van der Waals surface area contributed by atoms with Crippen LogP contribution in [-0.4, -0.2) is 21.0 Å². The lowest BCUT2D eigenvalue weighted by molar-refractivity contribution is 0.0697. The number of nitrogen functional groups attached to an aromatic ring is 1. The van der Waals surface area contributed by atoms with Gasteiger partial charge in [-0.25, -0.2) is 14.8 Å². The SMILES string of the molecule is Nc1nc(-c2ccco2)ncc1C(=O)O. The van der Waals surface area contributed by atoms with Crippen LogP contribution in [0.5, 0.6) is 0 Å². The minimum absolute atomic E-state index is 0.0797. The second-order valence-corrected chi connectivity index (χ2v) is 2.77. The Morgan fingerprint density at radius 2 is 2.33 bits per heavy atom. The monoisotopic (exact) mass is 205 g/mol. The van der Waals surface area contributed by atoms with E-state index in [1.54, 1.807) is 12.1 Å². The standard InChI is InChI=1S/C9H7N3O3/c10-7-5(9(13)14)4-11-8(12-7)6-2-1-3-15-6/h1-4H,(H,13,14)(H2,10,11,12). The lowest BCUT2D eigenvalue weighted by Gasteiger charge is -2.00. The Morgan fingerprint density at radius 1 is 1.53 bits per heavy atom. The van der Waals surface area contributed by atoms with E-state index in [1.165, 1.54) is 6.26 Å². The molecule has 0 atom stereocenters. The number of aromatic nitrogens is 2. The summed E-state index contributed by atoms with van der Waals surface area (Å²) in [5, 5.41) is 8.70. The van der Waals surface area contributed by atoms with Crippen LogP contribution in [-0.2, 0) is 0 Å². The molecule has 2 rings (SSSR count). The van der Waals surface area contributed by atoms with Crippen LogP contribution in [0.15, 0.2) is 29.0 Å². The van der Waals surface area contributed by atoms with Crippen LogP contribution in [0.1, 0.15) is 10.4 Å². The molecule has 0 aliphatic carbocycles. The largest absolute Gasteiger partial charge is 0.477 e. The van der Waals surface area contributed by atoms with Crippen LogP contribution in [0.25, 0.3) is 11.6 Å². The summed E-state index contributed by atoms with van der Waals surface area (Å²) in [6, 6.07) is 3.34. The fourth-order valence-corrected chi connectivity index (χ4v) is 1.08. The molecule has 0 bridgehead atoms. The van der Waals surface area contributed by atoms with E-state index in [0.717, 1.165) is 6.20 Å². The zero-order valence-corrected chi connectivity index (χ0v) is 7.54. The van der Waals surface area contributed by atoms with Crippen molar-refractivity contribution < 1.29 is 14.3 Å². The van der Waals surface area contributed by atoms with Crippen molar-refractivity contribution in [3.8, 4) is 11.6 Å². The second-order valence-electron chi connectivity index (χ2n) is 2.77. The van der Waals surface area contributed by atoms with E-state index in [4.69, 9.17) is 15.3 Å². The molecule has 0 aliphatic heterocycles. The highest BCUT2D eigenvalue weighted by atomic mass is 16.4. The Balaban J connectivity index is 2.47. The zero-order valence-electron chi connectivity index (χ0n) is 7.54. The summed E-state index contributed by atoms with van der Waals surface area (Å²) in [5.41, 5.74) is 5.33. The summed E-state index contributed by atoms with van der Waals surface area (Å²) in [6.45, 7) is 0. The Morgan fingerprint density at radius 3 is 2.87 bits per heavy atom. The molecule has 0 aromatic carbocycles. The zero-order chi connectivity index (χ0) is 10.8. The fourth-order valence-electron chi connectivity index (χ4n) is 1.08. The number of aromatic carboxylic acids is 1. The van der Waals surface area contributed by atoms with Gasteiger partial charge in [0.2, 0.25) is 0 Å². The highest BCUT2D eigenvalue weighted by Crippen LogP contribution is 2.17. The van der Waals surface area contributed by atoms with Crippen molar-refractivity contribution in [3.05, 3.63) is 30.2 Å². The highest BCUT2D eigenvalue weighted by Gasteiger charge is 2.12. The number of hydrogen-bond donors (Lipinski definition) is 2. The number of anilines is 1. The van der Waals surface area contributed by atoms with Crippen LogP contribution >= 0.6 is 0 Å². The number of hydrogen-bond acceptors (Lipinski definition) is 5. The molecule has 0 unspecified atom stereocenters. The summed E-state index contributed by atoms with van der Waals surface area (Å²) in [5.74, 6) is -0.525. The van der Waals surface area contributed by atoms with Crippen molar-refractivity contribution >= 4 is 11.8 Å². The van der Waals surface area contributed by atoms with Gasteiger partial charge in [-0.1, -0.05) is 0 Å². The highest BCUT2D eigenvalue weighted by molar-refractivity contribution is 5.92. The average molecular weight is 205 g/mol. The molecule has 3 N–H and O–H groups in total. The van der Waals surface area contributed by atoms with Crippen molar-refractivity contribution in [2.24, 2.45) is 0 Å².